The van der Waals surface area contributed by atoms with Gasteiger partial charge in [-0.05, 0) is 45.0 Å². The van der Waals surface area contributed by atoms with Crippen molar-refractivity contribution < 1.29 is 23.9 Å². The molecule has 1 heterocycles. The molecule has 8 nitrogen and oxygen atoms in total. The summed E-state index contributed by atoms with van der Waals surface area (Å²) in [5.41, 5.74) is -0.388. The summed E-state index contributed by atoms with van der Waals surface area (Å²) in [6, 6.07) is 6.29. The lowest BCUT2D eigenvalue weighted by Crippen LogP contribution is -2.54. The molecule has 1 N–H and O–H groups in total. The normalized spacial score (nSPS) is 14.5. The van der Waals surface area contributed by atoms with Gasteiger partial charge in [-0.3, -0.25) is 14.4 Å². The minimum atomic E-state index is -1.26. The molecule has 3 amide bonds. The first-order chi connectivity index (χ1) is 12.8. The van der Waals surface area contributed by atoms with Gasteiger partial charge in [0.2, 0.25) is 18.2 Å². The van der Waals surface area contributed by atoms with E-state index >= 15 is 0 Å². The highest BCUT2D eigenvalue weighted by atomic mass is 16.5. The Hall–Kier alpha value is -2.90. The molecule has 0 aliphatic carbocycles. The van der Waals surface area contributed by atoms with Crippen LogP contribution in [0.5, 0.6) is 0 Å². The zero-order valence-electron chi connectivity index (χ0n) is 15.9. The second kappa shape index (κ2) is 8.66. The van der Waals surface area contributed by atoms with Crippen molar-refractivity contribution in [3.63, 3.8) is 0 Å². The van der Waals surface area contributed by atoms with Crippen molar-refractivity contribution in [1.82, 2.24) is 9.80 Å². The number of benzene rings is 1. The lowest BCUT2D eigenvalue weighted by molar-refractivity contribution is -0.148. The lowest BCUT2D eigenvalue weighted by Gasteiger charge is -2.36. The molecule has 1 aliphatic rings. The number of anilines is 1. The van der Waals surface area contributed by atoms with Crippen LogP contribution in [0, 0.1) is 5.41 Å². The molecule has 0 aromatic heterocycles. The molecule has 0 atom stereocenters. The average molecular weight is 375 g/mol. The summed E-state index contributed by atoms with van der Waals surface area (Å²) < 4.78 is 4.92. The van der Waals surface area contributed by atoms with Crippen LogP contribution in [0.3, 0.4) is 0 Å². The van der Waals surface area contributed by atoms with Crippen molar-refractivity contribution in [3.05, 3.63) is 29.8 Å². The average Bonchev–Trinajstić information content (AvgIpc) is 2.68. The zero-order valence-corrected chi connectivity index (χ0v) is 15.9. The van der Waals surface area contributed by atoms with Gasteiger partial charge in [0.25, 0.3) is 0 Å². The topological polar surface area (TPSA) is 96.0 Å². The van der Waals surface area contributed by atoms with Crippen LogP contribution < -0.4 is 5.32 Å². The Morgan fingerprint density at radius 1 is 1.11 bits per heavy atom. The van der Waals surface area contributed by atoms with E-state index in [1.54, 1.807) is 54.8 Å². The van der Waals surface area contributed by atoms with Gasteiger partial charge >= 0.3 is 5.97 Å². The molecule has 1 aromatic rings. The molecule has 1 fully saturated rings. The van der Waals surface area contributed by atoms with Gasteiger partial charge in [0.15, 0.2) is 0 Å². The molecule has 0 saturated carbocycles. The second-order valence-electron chi connectivity index (χ2n) is 6.81. The van der Waals surface area contributed by atoms with E-state index in [0.29, 0.717) is 37.4 Å². The number of nitrogens with one attached hydrogen (secondary N) is 1. The molecule has 8 heteroatoms. The van der Waals surface area contributed by atoms with Crippen molar-refractivity contribution >= 4 is 29.9 Å². The predicted octanol–water partition coefficient (Wildman–Crippen LogP) is 1.13. The highest BCUT2D eigenvalue weighted by molar-refractivity contribution is 6.10. The van der Waals surface area contributed by atoms with Gasteiger partial charge in [0.05, 0.1) is 12.2 Å². The largest absolute Gasteiger partial charge is 0.462 e. The second-order valence-corrected chi connectivity index (χ2v) is 6.81. The molecule has 27 heavy (non-hydrogen) atoms. The molecule has 0 bridgehead atoms. The fourth-order valence-corrected chi connectivity index (χ4v) is 2.71. The summed E-state index contributed by atoms with van der Waals surface area (Å²) in [6.07, 6.45) is 0.764. The maximum atomic E-state index is 12.8. The molecule has 1 saturated heterocycles. The van der Waals surface area contributed by atoms with Crippen LogP contribution in [-0.4, -0.2) is 66.8 Å². The van der Waals surface area contributed by atoms with Gasteiger partial charge in [-0.2, -0.15) is 0 Å². The molecule has 1 aliphatic heterocycles. The monoisotopic (exact) mass is 375 g/mol. The molecular weight excluding hydrogens is 350 g/mol. The summed E-state index contributed by atoms with van der Waals surface area (Å²) in [4.78, 5) is 51.0. The number of carbonyl (C=O) groups is 4. The quantitative estimate of drug-likeness (QED) is 0.457. The standard InChI is InChI=1S/C19H25N3O5/c1-4-27-16(24)14-5-7-15(8-6-14)20-17(25)19(2,3)18(26)22-11-9-21(13-23)10-12-22/h5-8,13H,4,9-12H2,1-3H3,(H,20,25). The Morgan fingerprint density at radius 2 is 1.70 bits per heavy atom. The van der Waals surface area contributed by atoms with Crippen molar-refractivity contribution in [2.45, 2.75) is 20.8 Å². The number of nitrogens with zero attached hydrogens (tertiary/aromatic N) is 2. The smallest absolute Gasteiger partial charge is 0.338 e. The van der Waals surface area contributed by atoms with Crippen molar-refractivity contribution in [2.24, 2.45) is 5.41 Å². The van der Waals surface area contributed by atoms with Crippen molar-refractivity contribution in [1.29, 1.82) is 0 Å². The fourth-order valence-electron chi connectivity index (χ4n) is 2.71. The van der Waals surface area contributed by atoms with E-state index in [0.717, 1.165) is 6.41 Å². The van der Waals surface area contributed by atoms with E-state index in [1.807, 2.05) is 0 Å². The number of hydrogen-bond acceptors (Lipinski definition) is 5. The minimum Gasteiger partial charge on any atom is -0.462 e. The number of piperazine rings is 1. The van der Waals surface area contributed by atoms with Crippen LogP contribution >= 0.6 is 0 Å². The van der Waals surface area contributed by atoms with E-state index < -0.39 is 17.3 Å². The molecular formula is C19H25N3O5. The highest BCUT2D eigenvalue weighted by Gasteiger charge is 2.40. The van der Waals surface area contributed by atoms with E-state index in [-0.39, 0.29) is 12.5 Å². The Balaban J connectivity index is 2.00. The molecule has 1 aromatic carbocycles. The summed E-state index contributed by atoms with van der Waals surface area (Å²) >= 11 is 0. The van der Waals surface area contributed by atoms with E-state index in [2.05, 4.69) is 5.32 Å². The first-order valence-electron chi connectivity index (χ1n) is 8.87. The number of esters is 1. The lowest BCUT2D eigenvalue weighted by atomic mass is 9.89. The summed E-state index contributed by atoms with van der Waals surface area (Å²) in [5.74, 6) is -1.15. The summed E-state index contributed by atoms with van der Waals surface area (Å²) in [7, 11) is 0. The third-order valence-corrected chi connectivity index (χ3v) is 4.51. The van der Waals surface area contributed by atoms with Crippen LogP contribution in [0.4, 0.5) is 5.69 Å². The van der Waals surface area contributed by atoms with Crippen LogP contribution in [-0.2, 0) is 19.1 Å². The Morgan fingerprint density at radius 3 is 2.22 bits per heavy atom. The number of amides is 3. The predicted molar refractivity (Wildman–Crippen MR) is 99.0 cm³/mol. The highest BCUT2D eigenvalue weighted by Crippen LogP contribution is 2.23. The third-order valence-electron chi connectivity index (χ3n) is 4.51. The fraction of sp³-hybridized carbons (Fsp3) is 0.474. The molecule has 0 radical (unpaired) electrons. The SMILES string of the molecule is CCOC(=O)c1ccc(NC(=O)C(C)(C)C(=O)N2CCN(C=O)CC2)cc1. The van der Waals surface area contributed by atoms with E-state index in [9.17, 15) is 19.2 Å². The Bertz CT molecular complexity index is 707. The van der Waals surface area contributed by atoms with Crippen molar-refractivity contribution in [2.75, 3.05) is 38.1 Å². The van der Waals surface area contributed by atoms with Gasteiger partial charge in [-0.15, -0.1) is 0 Å². The third kappa shape index (κ3) is 4.84. The molecule has 0 unspecified atom stereocenters. The number of ether oxygens (including phenoxy) is 1. The van der Waals surface area contributed by atoms with Gasteiger partial charge in [0, 0.05) is 31.9 Å². The number of carbonyl (C=O) groups excluding carboxylic acids is 4. The first kappa shape index (κ1) is 20.4. The maximum absolute atomic E-state index is 12.8. The minimum absolute atomic E-state index is 0.284. The van der Waals surface area contributed by atoms with Gasteiger partial charge < -0.3 is 19.9 Å². The van der Waals surface area contributed by atoms with Gasteiger partial charge in [-0.25, -0.2) is 4.79 Å². The maximum Gasteiger partial charge on any atom is 0.338 e. The zero-order chi connectivity index (χ0) is 20.0. The molecule has 146 valence electrons. The number of hydrogen-bond donors (Lipinski definition) is 1. The van der Waals surface area contributed by atoms with Gasteiger partial charge in [-0.1, -0.05) is 0 Å². The van der Waals surface area contributed by atoms with Crippen molar-refractivity contribution in [3.8, 4) is 0 Å². The first-order valence-corrected chi connectivity index (χ1v) is 8.87. The Kier molecular flexibility index (Phi) is 6.55. The summed E-state index contributed by atoms with van der Waals surface area (Å²) in [5, 5.41) is 2.72. The van der Waals surface area contributed by atoms with Gasteiger partial charge in [0.1, 0.15) is 5.41 Å². The number of rotatable bonds is 6. The van der Waals surface area contributed by atoms with E-state index in [1.165, 1.54) is 0 Å². The molecule has 0 spiro atoms. The van der Waals surface area contributed by atoms with Crippen LogP contribution in [0.15, 0.2) is 24.3 Å². The Labute approximate surface area is 158 Å². The molecule has 2 rings (SSSR count). The van der Waals surface area contributed by atoms with Crippen LogP contribution in [0.2, 0.25) is 0 Å². The van der Waals surface area contributed by atoms with Crippen LogP contribution in [0.25, 0.3) is 0 Å². The summed E-state index contributed by atoms with van der Waals surface area (Å²) in [6.45, 7) is 6.89. The van der Waals surface area contributed by atoms with Crippen LogP contribution in [0.1, 0.15) is 31.1 Å². The van der Waals surface area contributed by atoms with E-state index in [4.69, 9.17) is 4.74 Å².